The van der Waals surface area contributed by atoms with Crippen LogP contribution < -0.4 is 0 Å². The minimum absolute atomic E-state index is 0.0681. The van der Waals surface area contributed by atoms with Gasteiger partial charge in [0.2, 0.25) is 0 Å². The molecular formula is C16H22N2O3. The molecule has 21 heavy (non-hydrogen) atoms. The summed E-state index contributed by atoms with van der Waals surface area (Å²) in [6.07, 6.45) is 2.01. The van der Waals surface area contributed by atoms with Crippen LogP contribution in [0.4, 0.5) is 0 Å². The molecule has 0 aromatic heterocycles. The number of likely N-dealkylation sites (tertiary alicyclic amines) is 1. The Balaban J connectivity index is 1.99. The van der Waals surface area contributed by atoms with Crippen molar-refractivity contribution in [2.75, 3.05) is 33.7 Å². The van der Waals surface area contributed by atoms with Crippen LogP contribution in [0.1, 0.15) is 33.6 Å². The monoisotopic (exact) mass is 290 g/mol. The fraction of sp³-hybridized carbons (Fsp3) is 0.500. The van der Waals surface area contributed by atoms with E-state index < -0.39 is 5.97 Å². The molecule has 0 atom stereocenters. The lowest BCUT2D eigenvalue weighted by atomic mass is 9.96. The number of carboxylic acids is 1. The zero-order valence-electron chi connectivity index (χ0n) is 12.6. The number of aromatic carboxylic acids is 1. The van der Waals surface area contributed by atoms with Gasteiger partial charge >= 0.3 is 5.97 Å². The first-order valence-corrected chi connectivity index (χ1v) is 7.24. The zero-order valence-corrected chi connectivity index (χ0v) is 12.6. The SMILES string of the molecule is CN(C)CC1CCN(C(=O)c2cccc(C(=O)O)c2)CC1. The molecule has 1 aliphatic heterocycles. The first-order chi connectivity index (χ1) is 9.97. The van der Waals surface area contributed by atoms with Gasteiger partial charge in [-0.15, -0.1) is 0 Å². The molecule has 1 N–H and O–H groups in total. The smallest absolute Gasteiger partial charge is 0.335 e. The number of rotatable bonds is 4. The van der Waals surface area contributed by atoms with Crippen molar-refractivity contribution in [2.24, 2.45) is 5.92 Å². The molecule has 2 rings (SSSR count). The maximum absolute atomic E-state index is 12.4. The van der Waals surface area contributed by atoms with Crippen LogP contribution in [0.3, 0.4) is 0 Å². The van der Waals surface area contributed by atoms with Gasteiger partial charge in [0.1, 0.15) is 0 Å². The zero-order chi connectivity index (χ0) is 15.4. The van der Waals surface area contributed by atoms with Crippen molar-refractivity contribution in [2.45, 2.75) is 12.8 Å². The number of carbonyl (C=O) groups is 2. The van der Waals surface area contributed by atoms with Gasteiger partial charge in [0.15, 0.2) is 0 Å². The van der Waals surface area contributed by atoms with Crippen LogP contribution in [0.15, 0.2) is 24.3 Å². The third kappa shape index (κ3) is 4.04. The van der Waals surface area contributed by atoms with Crippen molar-refractivity contribution in [3.05, 3.63) is 35.4 Å². The summed E-state index contributed by atoms with van der Waals surface area (Å²) in [5.74, 6) is -0.440. The summed E-state index contributed by atoms with van der Waals surface area (Å²) >= 11 is 0. The van der Waals surface area contributed by atoms with Crippen LogP contribution in [0.25, 0.3) is 0 Å². The van der Waals surface area contributed by atoms with E-state index in [1.165, 1.54) is 12.1 Å². The summed E-state index contributed by atoms with van der Waals surface area (Å²) in [4.78, 5) is 27.4. The van der Waals surface area contributed by atoms with E-state index in [-0.39, 0.29) is 11.5 Å². The van der Waals surface area contributed by atoms with Crippen molar-refractivity contribution >= 4 is 11.9 Å². The highest BCUT2D eigenvalue weighted by Gasteiger charge is 2.24. The Hall–Kier alpha value is -1.88. The van der Waals surface area contributed by atoms with Crippen LogP contribution >= 0.6 is 0 Å². The molecule has 1 amide bonds. The number of hydrogen-bond acceptors (Lipinski definition) is 3. The number of piperidine rings is 1. The number of carboxylic acid groups (broad SMARTS) is 1. The number of amides is 1. The average molecular weight is 290 g/mol. The topological polar surface area (TPSA) is 60.9 Å². The fourth-order valence-electron chi connectivity index (χ4n) is 2.80. The molecule has 1 aliphatic rings. The molecule has 1 aromatic rings. The van der Waals surface area contributed by atoms with Crippen molar-refractivity contribution in [1.82, 2.24) is 9.80 Å². The lowest BCUT2D eigenvalue weighted by Gasteiger charge is -2.33. The fourth-order valence-corrected chi connectivity index (χ4v) is 2.80. The normalized spacial score (nSPS) is 16.2. The van der Waals surface area contributed by atoms with Gasteiger partial charge in [-0.25, -0.2) is 4.79 Å². The first kappa shape index (κ1) is 15.5. The molecule has 1 fully saturated rings. The predicted octanol–water partition coefficient (Wildman–Crippen LogP) is 1.80. The minimum atomic E-state index is -1.01. The largest absolute Gasteiger partial charge is 0.478 e. The molecule has 1 saturated heterocycles. The summed E-state index contributed by atoms with van der Waals surface area (Å²) in [5, 5.41) is 8.99. The van der Waals surface area contributed by atoms with E-state index in [4.69, 9.17) is 5.11 Å². The van der Waals surface area contributed by atoms with Gasteiger partial charge in [0.25, 0.3) is 5.91 Å². The maximum Gasteiger partial charge on any atom is 0.335 e. The van der Waals surface area contributed by atoms with Gasteiger partial charge in [-0.3, -0.25) is 4.79 Å². The second-order valence-corrected chi connectivity index (χ2v) is 5.88. The number of hydrogen-bond donors (Lipinski definition) is 1. The average Bonchev–Trinajstić information content (AvgIpc) is 2.47. The molecule has 0 radical (unpaired) electrons. The van der Waals surface area contributed by atoms with Gasteiger partial charge in [0.05, 0.1) is 5.56 Å². The van der Waals surface area contributed by atoms with Crippen molar-refractivity contribution in [1.29, 1.82) is 0 Å². The van der Waals surface area contributed by atoms with Gasteiger partial charge < -0.3 is 14.9 Å². The Kier molecular flexibility index (Phi) is 4.96. The van der Waals surface area contributed by atoms with E-state index >= 15 is 0 Å². The maximum atomic E-state index is 12.4. The van der Waals surface area contributed by atoms with Crippen LogP contribution in [-0.4, -0.2) is 60.5 Å². The summed E-state index contributed by atoms with van der Waals surface area (Å²) < 4.78 is 0. The van der Waals surface area contributed by atoms with Crippen molar-refractivity contribution in [3.63, 3.8) is 0 Å². The van der Waals surface area contributed by atoms with E-state index in [0.717, 1.165) is 32.5 Å². The molecule has 1 heterocycles. The van der Waals surface area contributed by atoms with E-state index in [1.54, 1.807) is 12.1 Å². The quantitative estimate of drug-likeness (QED) is 0.918. The van der Waals surface area contributed by atoms with Crippen LogP contribution in [0.5, 0.6) is 0 Å². The Labute approximate surface area is 125 Å². The highest BCUT2D eigenvalue weighted by molar-refractivity contribution is 5.97. The van der Waals surface area contributed by atoms with E-state index in [2.05, 4.69) is 19.0 Å². The highest BCUT2D eigenvalue weighted by Crippen LogP contribution is 2.20. The third-order valence-corrected chi connectivity index (χ3v) is 3.88. The Morgan fingerprint density at radius 2 is 1.86 bits per heavy atom. The Morgan fingerprint density at radius 3 is 2.43 bits per heavy atom. The predicted molar refractivity (Wildman–Crippen MR) is 80.6 cm³/mol. The molecule has 5 heteroatoms. The standard InChI is InChI=1S/C16H22N2O3/c1-17(2)11-12-6-8-18(9-7-12)15(19)13-4-3-5-14(10-13)16(20)21/h3-5,10,12H,6-9,11H2,1-2H3,(H,20,21). The molecule has 0 saturated carbocycles. The highest BCUT2D eigenvalue weighted by atomic mass is 16.4. The van der Waals surface area contributed by atoms with Gasteiger partial charge in [-0.05, 0) is 51.1 Å². The lowest BCUT2D eigenvalue weighted by molar-refractivity contribution is 0.0678. The minimum Gasteiger partial charge on any atom is -0.478 e. The van der Waals surface area contributed by atoms with E-state index in [0.29, 0.717) is 11.5 Å². The van der Waals surface area contributed by atoms with Crippen LogP contribution in [-0.2, 0) is 0 Å². The van der Waals surface area contributed by atoms with E-state index in [1.807, 2.05) is 4.90 Å². The molecule has 114 valence electrons. The van der Waals surface area contributed by atoms with Crippen LogP contribution in [0.2, 0.25) is 0 Å². The van der Waals surface area contributed by atoms with Gasteiger partial charge in [-0.1, -0.05) is 6.07 Å². The molecule has 5 nitrogen and oxygen atoms in total. The van der Waals surface area contributed by atoms with Gasteiger partial charge in [-0.2, -0.15) is 0 Å². The number of nitrogens with zero attached hydrogens (tertiary/aromatic N) is 2. The van der Waals surface area contributed by atoms with E-state index in [9.17, 15) is 9.59 Å². The van der Waals surface area contributed by atoms with Crippen LogP contribution in [0, 0.1) is 5.92 Å². The molecule has 0 unspecified atom stereocenters. The molecular weight excluding hydrogens is 268 g/mol. The molecule has 0 spiro atoms. The second kappa shape index (κ2) is 6.72. The lowest BCUT2D eigenvalue weighted by Crippen LogP contribution is -2.40. The summed E-state index contributed by atoms with van der Waals surface area (Å²) in [7, 11) is 4.13. The molecule has 1 aromatic carbocycles. The molecule has 0 bridgehead atoms. The van der Waals surface area contributed by atoms with Gasteiger partial charge in [0, 0.05) is 25.2 Å². The van der Waals surface area contributed by atoms with Crippen molar-refractivity contribution in [3.8, 4) is 0 Å². The summed E-state index contributed by atoms with van der Waals surface area (Å²) in [6.45, 7) is 2.54. The van der Waals surface area contributed by atoms with Crippen molar-refractivity contribution < 1.29 is 14.7 Å². The summed E-state index contributed by atoms with van der Waals surface area (Å²) in [5.41, 5.74) is 0.615. The third-order valence-electron chi connectivity index (χ3n) is 3.88. The Bertz CT molecular complexity index is 520. The molecule has 0 aliphatic carbocycles. The summed E-state index contributed by atoms with van der Waals surface area (Å²) in [6, 6.07) is 6.26. The number of carbonyl (C=O) groups excluding carboxylic acids is 1. The number of benzene rings is 1. The Morgan fingerprint density at radius 1 is 1.24 bits per heavy atom. The first-order valence-electron chi connectivity index (χ1n) is 7.24. The second-order valence-electron chi connectivity index (χ2n) is 5.88.